The van der Waals surface area contributed by atoms with E-state index in [0.717, 1.165) is 0 Å². The summed E-state index contributed by atoms with van der Waals surface area (Å²) in [5.74, 6) is -2.25. The molecule has 0 spiro atoms. The molecule has 18 nitrogen and oxygen atoms in total. The van der Waals surface area contributed by atoms with E-state index >= 15 is 0 Å². The van der Waals surface area contributed by atoms with Crippen molar-refractivity contribution in [3.63, 3.8) is 0 Å². The van der Waals surface area contributed by atoms with Crippen molar-refractivity contribution in [3.05, 3.63) is 25.3 Å². The van der Waals surface area contributed by atoms with Crippen molar-refractivity contribution in [1.29, 1.82) is 0 Å². The van der Waals surface area contributed by atoms with Gasteiger partial charge in [-0.15, -0.1) is 13.2 Å². The van der Waals surface area contributed by atoms with Crippen LogP contribution in [0.5, 0.6) is 0 Å². The van der Waals surface area contributed by atoms with E-state index in [1.165, 1.54) is 0 Å². The molecule has 0 bridgehead atoms. The molecule has 8 aliphatic heterocycles. The van der Waals surface area contributed by atoms with Crippen molar-refractivity contribution < 1.29 is 83.3 Å². The predicted octanol–water partition coefficient (Wildman–Crippen LogP) is 22.1. The molecule has 8 saturated heterocycles. The average molecular weight is 1620 g/mol. The minimum atomic E-state index is -2.33. The molecule has 113 heavy (non-hydrogen) atoms. The lowest BCUT2D eigenvalue weighted by atomic mass is 9.48. The van der Waals surface area contributed by atoms with E-state index in [0.29, 0.717) is 70.6 Å². The molecule has 0 saturated carbocycles. The lowest BCUT2D eigenvalue weighted by molar-refractivity contribution is 0.00578. The Morgan fingerprint density at radius 2 is 0.336 bits per heavy atom. The summed E-state index contributed by atoms with van der Waals surface area (Å²) in [5, 5.41) is -0.0791. The number of rotatable bonds is 34. The third kappa shape index (κ3) is 20.9. The van der Waals surface area contributed by atoms with Crippen LogP contribution in [0, 0.1) is 0 Å². The maximum atomic E-state index is 7.52. The van der Waals surface area contributed by atoms with Gasteiger partial charge >= 0.3 is 56.9 Å². The van der Waals surface area contributed by atoms with Gasteiger partial charge in [-0.3, -0.25) is 0 Å². The van der Waals surface area contributed by atoms with Gasteiger partial charge < -0.3 is 83.3 Å². The Morgan fingerprint density at radius 3 is 0.434 bits per heavy atom. The van der Waals surface area contributed by atoms with Crippen molar-refractivity contribution in [2.24, 2.45) is 0 Å². The van der Waals surface area contributed by atoms with Crippen LogP contribution in [0.25, 0.3) is 0 Å². The zero-order valence-electron chi connectivity index (χ0n) is 80.1. The van der Waals surface area contributed by atoms with Crippen LogP contribution in [-0.2, 0) is 83.3 Å². The summed E-state index contributed by atoms with van der Waals surface area (Å²) in [6.07, 6.45) is 10.2. The lowest BCUT2D eigenvalue weighted by Gasteiger charge is -2.40. The Kier molecular flexibility index (Phi) is 28.4. The zero-order chi connectivity index (χ0) is 86.3. The topological polar surface area (TPSA) is 166 Å². The number of hydrogen-bond donors (Lipinski definition) is 0. The highest BCUT2D eigenvalue weighted by Crippen LogP contribution is 2.60. The second kappa shape index (κ2) is 32.7. The molecule has 0 N–H and O–H groups in total. The van der Waals surface area contributed by atoms with Crippen LogP contribution in [0.2, 0.25) is 82.8 Å². The fourth-order valence-electron chi connectivity index (χ4n) is 16.5. The molecule has 0 unspecified atom stereocenters. The largest absolute Gasteiger partial charge is 0.461 e. The fraction of sp³-hybridized carbons (Fsp3) is 0.953. The van der Waals surface area contributed by atoms with Gasteiger partial charge in [-0.25, -0.2) is 0 Å². The van der Waals surface area contributed by atoms with Gasteiger partial charge in [-0.1, -0.05) is 98.6 Å². The first kappa shape index (κ1) is 98.2. The molecule has 0 aromatic rings. The Morgan fingerprint density at radius 1 is 0.230 bits per heavy atom. The van der Waals surface area contributed by atoms with Gasteiger partial charge in [0.05, 0.1) is 89.6 Å². The summed E-state index contributed by atoms with van der Waals surface area (Å²) in [6.45, 7) is 101. The summed E-state index contributed by atoms with van der Waals surface area (Å²) < 4.78 is 133. The van der Waals surface area contributed by atoms with Gasteiger partial charge in [0.25, 0.3) is 0 Å². The molecule has 8 aliphatic rings. The van der Waals surface area contributed by atoms with Crippen molar-refractivity contribution in [3.8, 4) is 0 Å². The monoisotopic (exact) mass is 1620 g/mol. The second-order valence-electron chi connectivity index (χ2n) is 47.2. The minimum Gasteiger partial charge on any atom is -0.414 e. The Bertz CT molecular complexity index is 2920. The van der Waals surface area contributed by atoms with Gasteiger partial charge in [-0.2, -0.15) is 0 Å². The van der Waals surface area contributed by atoms with E-state index in [4.69, 9.17) is 83.3 Å². The van der Waals surface area contributed by atoms with E-state index in [1.54, 1.807) is 0 Å². The lowest BCUT2D eigenvalue weighted by Crippen LogP contribution is -2.45. The van der Waals surface area contributed by atoms with Gasteiger partial charge in [0.2, 0.25) is 0 Å². The Balaban J connectivity index is 1.33. The van der Waals surface area contributed by atoms with Crippen molar-refractivity contribution >= 4 is 73.6 Å². The normalized spacial score (nSPS) is 28.7. The standard InChI is InChI=1S/C85H164B8O18Si2/c1-45-47-66(94-112(41,42)68(3,4)5)56-64(92-108-82(33,34)83(35,36)109-92)54-62(90-104-78(25,26)79(27,28)105-90)52-60(88-100-74(17,18)75(19,20)101-88)50-58(86-96-70(9,10)71(11,12)97-86)49-59(87-98-72(13,14)73(15,16)99-87)51-61(89-102-76(21,22)77(23,24)103-89)53-63(91-106-80(29,30)81(31,32)107-91)55-65(93-110-84(37,38)85(39,40)111-93)57-67(48-46-2)95-113(43,44)69(6,7)8/h45-46,58-67H,1-2,47-57H2,3-44H3/t58-,59-,60+,61+,62+,63+,64+,65+,66+,67+/m0/s1. The van der Waals surface area contributed by atoms with Crippen LogP contribution >= 0.6 is 0 Å². The first-order valence-corrected chi connectivity index (χ1v) is 49.7. The van der Waals surface area contributed by atoms with Crippen LogP contribution in [0.3, 0.4) is 0 Å². The predicted molar refractivity (Wildman–Crippen MR) is 474 cm³/mol. The molecular weight excluding hydrogens is 1450 g/mol. The zero-order valence-corrected chi connectivity index (χ0v) is 82.1. The highest BCUT2D eigenvalue weighted by Gasteiger charge is 2.66. The summed E-state index contributed by atoms with van der Waals surface area (Å²) >= 11 is 0. The molecular formula is C85H164B8O18Si2. The average Bonchev–Trinajstić information content (AvgIpc) is 1.61. The van der Waals surface area contributed by atoms with Crippen molar-refractivity contribution in [1.82, 2.24) is 0 Å². The molecule has 8 fully saturated rings. The Hall–Kier alpha value is -0.287. The summed E-state index contributed by atoms with van der Waals surface area (Å²) in [6, 6.07) is 0. The van der Waals surface area contributed by atoms with Gasteiger partial charge in [-0.05, 0) is 330 Å². The SMILES string of the molecule is C=CC[C@H](C[C@@H](C[C@@H](C[C@@H](C[C@H](C[C@@H](C[C@H](C[C@H](C[C@H](C[C@@H](CC=C)O[Si](C)(C)C(C)(C)C)B1OC(C)(C)C(C)(C)O1)B1OC(C)(C)C(C)(C)O1)B1OC(C)(C)C(C)(C)O1)B1OC(C)(C)C(C)(C)O1)B1OC(C)(C)C(C)(C)O1)B1OC(C)(C)C(C)(C)O1)B1OC(C)(C)C(C)(C)O1)B1OC(C)(C)C(C)(C)O1)O[Si](C)(C)C(C)(C)C. The highest BCUT2D eigenvalue weighted by molar-refractivity contribution is 6.74. The van der Waals surface area contributed by atoms with Gasteiger partial charge in [0.15, 0.2) is 16.6 Å². The quantitative estimate of drug-likeness (QED) is 0.0440. The smallest absolute Gasteiger partial charge is 0.414 e. The van der Waals surface area contributed by atoms with Crippen molar-refractivity contribution in [2.75, 3.05) is 0 Å². The molecule has 0 aromatic heterocycles. The van der Waals surface area contributed by atoms with Crippen LogP contribution < -0.4 is 0 Å². The van der Waals surface area contributed by atoms with E-state index < -0.39 is 163 Å². The molecule has 0 aliphatic carbocycles. The molecule has 0 aromatic carbocycles. The minimum absolute atomic E-state index is 0.0396. The highest BCUT2D eigenvalue weighted by atomic mass is 28.4. The maximum absolute atomic E-state index is 7.52. The molecule has 10 atom stereocenters. The van der Waals surface area contributed by atoms with E-state index in [9.17, 15) is 0 Å². The van der Waals surface area contributed by atoms with Crippen LogP contribution in [-0.4, -0.2) is 175 Å². The van der Waals surface area contributed by atoms with Crippen LogP contribution in [0.4, 0.5) is 0 Å². The second-order valence-corrected chi connectivity index (χ2v) is 56.8. The molecule has 0 radical (unpaired) electrons. The van der Waals surface area contributed by atoms with E-state index in [-0.39, 0.29) is 68.8 Å². The third-order valence-electron chi connectivity index (χ3n) is 32.0. The van der Waals surface area contributed by atoms with Crippen LogP contribution in [0.1, 0.15) is 334 Å². The number of hydrogen-bond acceptors (Lipinski definition) is 18. The Labute approximate surface area is 696 Å². The van der Waals surface area contributed by atoms with Gasteiger partial charge in [0, 0.05) is 12.2 Å². The van der Waals surface area contributed by atoms with Crippen molar-refractivity contribution in [2.45, 2.75) is 518 Å². The van der Waals surface area contributed by atoms with E-state index in [2.05, 4.69) is 302 Å². The molecule has 8 heterocycles. The molecule has 0 amide bonds. The summed E-state index contributed by atoms with van der Waals surface area (Å²) in [4.78, 5) is 0. The summed E-state index contributed by atoms with van der Waals surface area (Å²) in [7, 11) is -9.92. The van der Waals surface area contributed by atoms with Crippen LogP contribution in [0.15, 0.2) is 25.3 Å². The molecule has 8 rings (SSSR count). The maximum Gasteiger partial charge on any atom is 0.461 e. The van der Waals surface area contributed by atoms with Gasteiger partial charge in [0.1, 0.15) is 0 Å². The first-order valence-electron chi connectivity index (χ1n) is 43.9. The first-order chi connectivity index (χ1) is 50.5. The molecule has 644 valence electrons. The molecule has 28 heteroatoms. The van der Waals surface area contributed by atoms with E-state index in [1.807, 2.05) is 12.2 Å². The summed E-state index contributed by atoms with van der Waals surface area (Å²) in [5.41, 5.74) is -10.7. The third-order valence-corrected chi connectivity index (χ3v) is 41.1. The fourth-order valence-corrected chi connectivity index (χ4v) is 19.3.